The van der Waals surface area contributed by atoms with Gasteiger partial charge in [-0.05, 0) is 53.5 Å². The summed E-state index contributed by atoms with van der Waals surface area (Å²) in [5.74, 6) is 1.53. The Labute approximate surface area is 182 Å². The standard InChI is InChI=1S/C22H21BrN2O5/c1-5-29-22(26)20-16-11-30-18-10-19(28-4)17(23)9-15(18)21(16)25(24-20)13-6-12(2)7-14(8-13)27-3/h6-10H,5,11H2,1-4H3. The number of aryl methyl sites for hydroxylation is 1. The molecule has 4 rings (SSSR count). The van der Waals surface area contributed by atoms with Gasteiger partial charge in [-0.2, -0.15) is 5.10 Å². The Balaban J connectivity index is 1.99. The number of esters is 1. The first-order valence-corrected chi connectivity index (χ1v) is 10.2. The molecule has 0 fully saturated rings. The van der Waals surface area contributed by atoms with E-state index in [1.165, 1.54) is 0 Å². The molecule has 156 valence electrons. The highest BCUT2D eigenvalue weighted by molar-refractivity contribution is 9.10. The van der Waals surface area contributed by atoms with Gasteiger partial charge in [-0.1, -0.05) is 0 Å². The molecule has 0 atom stereocenters. The van der Waals surface area contributed by atoms with Gasteiger partial charge in [0.15, 0.2) is 5.69 Å². The van der Waals surface area contributed by atoms with E-state index in [1.54, 1.807) is 25.8 Å². The van der Waals surface area contributed by atoms with Gasteiger partial charge in [0.25, 0.3) is 0 Å². The number of hydrogen-bond donors (Lipinski definition) is 0. The summed E-state index contributed by atoms with van der Waals surface area (Å²) in [6, 6.07) is 9.53. The van der Waals surface area contributed by atoms with Crippen molar-refractivity contribution in [3.8, 4) is 34.2 Å². The average molecular weight is 473 g/mol. The van der Waals surface area contributed by atoms with Gasteiger partial charge >= 0.3 is 5.97 Å². The second-order valence-corrected chi connectivity index (χ2v) is 7.64. The molecule has 1 aliphatic heterocycles. The lowest BCUT2D eigenvalue weighted by molar-refractivity contribution is 0.0516. The monoisotopic (exact) mass is 472 g/mol. The molecule has 0 saturated carbocycles. The first-order valence-electron chi connectivity index (χ1n) is 9.42. The molecule has 0 spiro atoms. The molecule has 7 nitrogen and oxygen atoms in total. The fourth-order valence-electron chi connectivity index (χ4n) is 3.53. The van der Waals surface area contributed by atoms with Gasteiger partial charge < -0.3 is 18.9 Å². The van der Waals surface area contributed by atoms with Crippen LogP contribution >= 0.6 is 15.9 Å². The van der Waals surface area contributed by atoms with Gasteiger partial charge in [0.2, 0.25) is 0 Å². The highest BCUT2D eigenvalue weighted by Gasteiger charge is 2.31. The van der Waals surface area contributed by atoms with Crippen LogP contribution in [0.25, 0.3) is 16.9 Å². The van der Waals surface area contributed by atoms with Crippen molar-refractivity contribution in [3.63, 3.8) is 0 Å². The minimum Gasteiger partial charge on any atom is -0.497 e. The molecular formula is C22H21BrN2O5. The zero-order valence-corrected chi connectivity index (χ0v) is 18.7. The first kappa shape index (κ1) is 20.3. The lowest BCUT2D eigenvalue weighted by Gasteiger charge is -2.21. The molecule has 0 N–H and O–H groups in total. The van der Waals surface area contributed by atoms with Crippen LogP contribution in [-0.2, 0) is 11.3 Å². The Morgan fingerprint density at radius 2 is 2.00 bits per heavy atom. The van der Waals surface area contributed by atoms with E-state index in [1.807, 2.05) is 37.3 Å². The Hall–Kier alpha value is -3.00. The van der Waals surface area contributed by atoms with Crippen molar-refractivity contribution < 1.29 is 23.7 Å². The van der Waals surface area contributed by atoms with Gasteiger partial charge in [-0.3, -0.25) is 0 Å². The fraction of sp³-hybridized carbons (Fsp3) is 0.273. The summed E-state index contributed by atoms with van der Waals surface area (Å²) < 4.78 is 24.5. The average Bonchev–Trinajstić information content (AvgIpc) is 3.13. The Morgan fingerprint density at radius 1 is 1.20 bits per heavy atom. The van der Waals surface area contributed by atoms with Crippen LogP contribution in [0.15, 0.2) is 34.8 Å². The van der Waals surface area contributed by atoms with Crippen LogP contribution in [-0.4, -0.2) is 36.6 Å². The molecule has 0 radical (unpaired) electrons. The van der Waals surface area contributed by atoms with E-state index in [0.29, 0.717) is 22.8 Å². The number of halogens is 1. The van der Waals surface area contributed by atoms with Crippen LogP contribution in [0.3, 0.4) is 0 Å². The summed E-state index contributed by atoms with van der Waals surface area (Å²) in [6.45, 7) is 4.21. The second kappa shape index (κ2) is 8.02. The molecule has 0 aliphatic carbocycles. The summed E-state index contributed by atoms with van der Waals surface area (Å²) in [5.41, 5.74) is 4.28. The molecule has 0 unspecified atom stereocenters. The lowest BCUT2D eigenvalue weighted by atomic mass is 10.0. The van der Waals surface area contributed by atoms with Crippen LogP contribution in [0, 0.1) is 6.92 Å². The van der Waals surface area contributed by atoms with Crippen molar-refractivity contribution in [2.45, 2.75) is 20.5 Å². The van der Waals surface area contributed by atoms with E-state index >= 15 is 0 Å². The maximum Gasteiger partial charge on any atom is 0.359 e. The van der Waals surface area contributed by atoms with Gasteiger partial charge in [0.1, 0.15) is 23.9 Å². The maximum atomic E-state index is 12.6. The van der Waals surface area contributed by atoms with Crippen LogP contribution in [0.1, 0.15) is 28.5 Å². The van der Waals surface area contributed by atoms with Crippen LogP contribution in [0.5, 0.6) is 17.2 Å². The number of fused-ring (bicyclic) bond motifs is 3. The van der Waals surface area contributed by atoms with Crippen LogP contribution in [0.4, 0.5) is 0 Å². The number of hydrogen-bond acceptors (Lipinski definition) is 6. The smallest absolute Gasteiger partial charge is 0.359 e. The normalized spacial score (nSPS) is 11.9. The molecule has 1 aliphatic rings. The van der Waals surface area contributed by atoms with Crippen molar-refractivity contribution in [2.24, 2.45) is 0 Å². The predicted molar refractivity (Wildman–Crippen MR) is 115 cm³/mol. The summed E-state index contributed by atoms with van der Waals surface area (Å²) in [5, 5.41) is 4.63. The molecule has 2 heterocycles. The van der Waals surface area contributed by atoms with Gasteiger partial charge in [0.05, 0.1) is 42.2 Å². The zero-order chi connectivity index (χ0) is 21.4. The van der Waals surface area contributed by atoms with Crippen LogP contribution < -0.4 is 14.2 Å². The minimum atomic E-state index is -0.480. The third-order valence-electron chi connectivity index (χ3n) is 4.85. The molecule has 8 heteroatoms. The number of nitrogens with zero attached hydrogens (tertiary/aromatic N) is 2. The number of benzene rings is 2. The number of aromatic nitrogens is 2. The van der Waals surface area contributed by atoms with Gasteiger partial charge in [-0.25, -0.2) is 9.48 Å². The van der Waals surface area contributed by atoms with Crippen molar-refractivity contribution in [1.29, 1.82) is 0 Å². The van der Waals surface area contributed by atoms with E-state index in [0.717, 1.165) is 27.0 Å². The van der Waals surface area contributed by atoms with E-state index in [4.69, 9.17) is 18.9 Å². The van der Waals surface area contributed by atoms with Gasteiger partial charge in [0, 0.05) is 17.7 Å². The highest BCUT2D eigenvalue weighted by atomic mass is 79.9. The SMILES string of the molecule is CCOC(=O)c1nn(-c2cc(C)cc(OC)c2)c2c1COc1cc(OC)c(Br)cc1-2. The largest absolute Gasteiger partial charge is 0.497 e. The number of ether oxygens (including phenoxy) is 4. The first-order chi connectivity index (χ1) is 14.5. The third-order valence-corrected chi connectivity index (χ3v) is 5.47. The summed E-state index contributed by atoms with van der Waals surface area (Å²) in [7, 11) is 3.22. The number of carbonyl (C=O) groups excluding carboxylic acids is 1. The molecule has 1 aromatic heterocycles. The molecule has 0 saturated heterocycles. The Bertz CT molecular complexity index is 1140. The van der Waals surface area contributed by atoms with Crippen molar-refractivity contribution >= 4 is 21.9 Å². The molecular weight excluding hydrogens is 452 g/mol. The topological polar surface area (TPSA) is 71.8 Å². The zero-order valence-electron chi connectivity index (χ0n) is 17.1. The van der Waals surface area contributed by atoms with Gasteiger partial charge in [-0.15, -0.1) is 0 Å². The second-order valence-electron chi connectivity index (χ2n) is 6.79. The van der Waals surface area contributed by atoms with E-state index < -0.39 is 5.97 Å². The number of rotatable bonds is 5. The Kier molecular flexibility index (Phi) is 5.42. The van der Waals surface area contributed by atoms with E-state index in [2.05, 4.69) is 21.0 Å². The lowest BCUT2D eigenvalue weighted by Crippen LogP contribution is -2.12. The Morgan fingerprint density at radius 3 is 2.70 bits per heavy atom. The summed E-state index contributed by atoms with van der Waals surface area (Å²) in [4.78, 5) is 12.6. The molecule has 2 aromatic carbocycles. The fourth-order valence-corrected chi connectivity index (χ4v) is 4.03. The van der Waals surface area contributed by atoms with Crippen LogP contribution in [0.2, 0.25) is 0 Å². The minimum absolute atomic E-state index is 0.199. The number of methoxy groups -OCH3 is 2. The van der Waals surface area contributed by atoms with Crippen molar-refractivity contribution in [3.05, 3.63) is 51.6 Å². The van der Waals surface area contributed by atoms with E-state index in [9.17, 15) is 4.79 Å². The molecule has 0 bridgehead atoms. The van der Waals surface area contributed by atoms with E-state index in [-0.39, 0.29) is 18.9 Å². The maximum absolute atomic E-state index is 12.6. The third kappa shape index (κ3) is 3.41. The quantitative estimate of drug-likeness (QED) is 0.501. The summed E-state index contributed by atoms with van der Waals surface area (Å²) in [6.07, 6.45) is 0. The highest BCUT2D eigenvalue weighted by Crippen LogP contribution is 2.45. The molecule has 30 heavy (non-hydrogen) atoms. The molecule has 0 amide bonds. The number of carbonyl (C=O) groups is 1. The predicted octanol–water partition coefficient (Wildman–Crippen LogP) is 4.70. The van der Waals surface area contributed by atoms with Crippen molar-refractivity contribution in [2.75, 3.05) is 20.8 Å². The summed E-state index contributed by atoms with van der Waals surface area (Å²) >= 11 is 3.54. The molecule has 3 aromatic rings. The van der Waals surface area contributed by atoms with Crippen molar-refractivity contribution in [1.82, 2.24) is 9.78 Å².